The molecular weight excluding hydrogens is 445 g/mol. The first-order valence-electron chi connectivity index (χ1n) is 9.00. The van der Waals surface area contributed by atoms with Crippen molar-refractivity contribution in [1.82, 2.24) is 4.31 Å². The number of carbonyl (C=O) groups is 1. The molecule has 0 aliphatic rings. The predicted octanol–water partition coefficient (Wildman–Crippen LogP) is 4.46. The van der Waals surface area contributed by atoms with Gasteiger partial charge in [0.15, 0.2) is 0 Å². The van der Waals surface area contributed by atoms with E-state index in [0.717, 1.165) is 9.87 Å². The smallest absolute Gasteiger partial charge is 0.334 e. The molecule has 0 fully saturated rings. The van der Waals surface area contributed by atoms with Crippen LogP contribution in [0.15, 0.2) is 59.5 Å². The average molecular weight is 466 g/mol. The zero-order valence-electron chi connectivity index (χ0n) is 16.6. The third-order valence-corrected chi connectivity index (χ3v) is 6.54. The van der Waals surface area contributed by atoms with Gasteiger partial charge in [-0.15, -0.1) is 0 Å². The Morgan fingerprint density at radius 3 is 2.40 bits per heavy atom. The van der Waals surface area contributed by atoms with Crippen LogP contribution in [0.2, 0.25) is 10.0 Å². The number of benzene rings is 2. The van der Waals surface area contributed by atoms with Gasteiger partial charge in [-0.1, -0.05) is 59.3 Å². The summed E-state index contributed by atoms with van der Waals surface area (Å²) in [6, 6.07) is 11.3. The Labute approximate surface area is 187 Å². The van der Waals surface area contributed by atoms with E-state index in [4.69, 9.17) is 27.9 Å². The van der Waals surface area contributed by atoms with Crippen LogP contribution in [-0.2, 0) is 19.6 Å². The molecule has 0 saturated heterocycles. The Hall–Kier alpha value is -2.30. The number of aryl methyl sites for hydroxylation is 1. The molecule has 0 amide bonds. The summed E-state index contributed by atoms with van der Waals surface area (Å²) in [5.41, 5.74) is 1.53. The largest absolute Gasteiger partial charge is 0.463 e. The minimum atomic E-state index is -3.92. The molecule has 0 atom stereocenters. The molecule has 0 aromatic heterocycles. The van der Waals surface area contributed by atoms with Crippen LogP contribution >= 0.6 is 23.2 Å². The summed E-state index contributed by atoms with van der Waals surface area (Å²) < 4.78 is 32.3. The van der Waals surface area contributed by atoms with Crippen LogP contribution in [0.5, 0.6) is 0 Å². The van der Waals surface area contributed by atoms with Crippen LogP contribution in [0.3, 0.4) is 0 Å². The number of nitrogens with zero attached hydrogens (tertiary/aromatic N) is 1. The van der Waals surface area contributed by atoms with Gasteiger partial charge in [0.1, 0.15) is 0 Å². The summed E-state index contributed by atoms with van der Waals surface area (Å²) in [6.07, 6.45) is 0. The second kappa shape index (κ2) is 10.6. The zero-order chi connectivity index (χ0) is 22.3. The number of hydrogen-bond donors (Lipinski definition) is 0. The van der Waals surface area contributed by atoms with Crippen LogP contribution < -0.4 is 0 Å². The van der Waals surface area contributed by atoms with Crippen LogP contribution in [0.25, 0.3) is 0 Å². The number of hydrogen-bond acceptors (Lipinski definition) is 4. The maximum atomic E-state index is 13.1. The second-order valence-corrected chi connectivity index (χ2v) is 9.09. The first-order valence-corrected chi connectivity index (χ1v) is 11.2. The number of ether oxygens (including phenoxy) is 1. The highest BCUT2D eigenvalue weighted by Crippen LogP contribution is 2.22. The van der Waals surface area contributed by atoms with Crippen molar-refractivity contribution in [1.29, 1.82) is 0 Å². The van der Waals surface area contributed by atoms with Gasteiger partial charge in [0.25, 0.3) is 0 Å². The van der Waals surface area contributed by atoms with Gasteiger partial charge in [-0.25, -0.2) is 13.2 Å². The summed E-state index contributed by atoms with van der Waals surface area (Å²) in [5, 5.41) is 0.750. The van der Waals surface area contributed by atoms with E-state index in [1.807, 2.05) is 6.92 Å². The standard InChI is InChI=1S/C22H21Cl2NO4S/c1-4-29-22(26)17(3)15-25(30(27,28)19-10-7-16(2)8-11-19)13-5-6-18-9-12-20(23)21(24)14-18/h7-12,14H,3-4,13,15H2,1-2H3. The number of halogens is 2. The molecule has 2 rings (SSSR count). The van der Waals surface area contributed by atoms with Crippen molar-refractivity contribution < 1.29 is 17.9 Å². The molecule has 2 aromatic carbocycles. The van der Waals surface area contributed by atoms with Crippen molar-refractivity contribution in [2.24, 2.45) is 0 Å². The van der Waals surface area contributed by atoms with E-state index in [1.54, 1.807) is 37.3 Å². The van der Waals surface area contributed by atoms with Crippen molar-refractivity contribution in [3.8, 4) is 11.8 Å². The van der Waals surface area contributed by atoms with Gasteiger partial charge in [-0.3, -0.25) is 0 Å². The van der Waals surface area contributed by atoms with E-state index in [2.05, 4.69) is 18.4 Å². The van der Waals surface area contributed by atoms with E-state index in [9.17, 15) is 13.2 Å². The topological polar surface area (TPSA) is 63.7 Å². The number of sulfonamides is 1. The van der Waals surface area contributed by atoms with E-state index in [1.165, 1.54) is 12.1 Å². The van der Waals surface area contributed by atoms with Crippen molar-refractivity contribution in [2.75, 3.05) is 19.7 Å². The summed E-state index contributed by atoms with van der Waals surface area (Å²) in [6.45, 7) is 6.95. The maximum Gasteiger partial charge on any atom is 0.334 e. The van der Waals surface area contributed by atoms with Crippen molar-refractivity contribution in [2.45, 2.75) is 18.7 Å². The summed E-state index contributed by atoms with van der Waals surface area (Å²) >= 11 is 11.9. The molecule has 30 heavy (non-hydrogen) atoms. The van der Waals surface area contributed by atoms with Crippen LogP contribution in [-0.4, -0.2) is 38.4 Å². The third-order valence-electron chi connectivity index (χ3n) is 4.00. The molecule has 8 heteroatoms. The molecule has 0 unspecified atom stereocenters. The maximum absolute atomic E-state index is 13.1. The Morgan fingerprint density at radius 1 is 1.13 bits per heavy atom. The molecule has 0 saturated carbocycles. The Balaban J connectivity index is 2.32. The van der Waals surface area contributed by atoms with Gasteiger partial charge in [0.05, 0.1) is 28.1 Å². The monoisotopic (exact) mass is 465 g/mol. The fourth-order valence-corrected chi connectivity index (χ4v) is 4.04. The summed E-state index contributed by atoms with van der Waals surface area (Å²) in [4.78, 5) is 12.0. The van der Waals surface area contributed by atoms with E-state index in [-0.39, 0.29) is 30.2 Å². The highest BCUT2D eigenvalue weighted by atomic mass is 35.5. The van der Waals surface area contributed by atoms with Gasteiger partial charge in [0.2, 0.25) is 10.0 Å². The van der Waals surface area contributed by atoms with Crippen LogP contribution in [0.1, 0.15) is 18.1 Å². The quantitative estimate of drug-likeness (QED) is 0.343. The number of carbonyl (C=O) groups excluding carboxylic acids is 1. The fraction of sp³-hybridized carbons (Fsp3) is 0.227. The zero-order valence-corrected chi connectivity index (χ0v) is 18.9. The first kappa shape index (κ1) is 24.0. The Bertz CT molecular complexity index is 1100. The molecular formula is C22H21Cl2NO4S. The predicted molar refractivity (Wildman–Crippen MR) is 119 cm³/mol. The highest BCUT2D eigenvalue weighted by Gasteiger charge is 2.26. The lowest BCUT2D eigenvalue weighted by atomic mass is 10.2. The molecule has 0 radical (unpaired) electrons. The first-order chi connectivity index (χ1) is 14.1. The Kier molecular flexibility index (Phi) is 8.51. The van der Waals surface area contributed by atoms with Crippen LogP contribution in [0.4, 0.5) is 0 Å². The van der Waals surface area contributed by atoms with Gasteiger partial charge in [0, 0.05) is 17.7 Å². The van der Waals surface area contributed by atoms with Gasteiger partial charge < -0.3 is 4.74 Å². The molecule has 0 heterocycles. The minimum absolute atomic E-state index is 0.0175. The molecule has 0 spiro atoms. The Morgan fingerprint density at radius 2 is 1.80 bits per heavy atom. The molecule has 0 N–H and O–H groups in total. The normalized spacial score (nSPS) is 11.0. The fourth-order valence-electron chi connectivity index (χ4n) is 2.40. The number of rotatable bonds is 7. The van der Waals surface area contributed by atoms with E-state index >= 15 is 0 Å². The summed E-state index contributed by atoms with van der Waals surface area (Å²) in [7, 11) is -3.92. The lowest BCUT2D eigenvalue weighted by Gasteiger charge is -2.20. The van der Waals surface area contributed by atoms with Crippen molar-refractivity contribution in [3.05, 3.63) is 75.8 Å². The van der Waals surface area contributed by atoms with Gasteiger partial charge >= 0.3 is 5.97 Å². The van der Waals surface area contributed by atoms with Gasteiger partial charge in [-0.2, -0.15) is 4.31 Å². The van der Waals surface area contributed by atoms with E-state index < -0.39 is 16.0 Å². The molecule has 0 bridgehead atoms. The molecule has 158 valence electrons. The SMILES string of the molecule is C=C(CN(CC#Cc1ccc(Cl)c(Cl)c1)S(=O)(=O)c1ccc(C)cc1)C(=O)OCC. The lowest BCUT2D eigenvalue weighted by Crippen LogP contribution is -2.34. The number of esters is 1. The average Bonchev–Trinajstić information content (AvgIpc) is 2.70. The lowest BCUT2D eigenvalue weighted by molar-refractivity contribution is -0.138. The minimum Gasteiger partial charge on any atom is -0.463 e. The molecule has 2 aromatic rings. The summed E-state index contributed by atoms with van der Waals surface area (Å²) in [5.74, 6) is 5.02. The third kappa shape index (κ3) is 6.35. The highest BCUT2D eigenvalue weighted by molar-refractivity contribution is 7.89. The van der Waals surface area contributed by atoms with Crippen molar-refractivity contribution in [3.63, 3.8) is 0 Å². The van der Waals surface area contributed by atoms with E-state index in [0.29, 0.717) is 15.6 Å². The van der Waals surface area contributed by atoms with Gasteiger partial charge in [-0.05, 0) is 44.2 Å². The molecule has 0 aliphatic carbocycles. The molecule has 0 aliphatic heterocycles. The second-order valence-electron chi connectivity index (χ2n) is 6.34. The van der Waals surface area contributed by atoms with Crippen molar-refractivity contribution >= 4 is 39.2 Å². The molecule has 5 nitrogen and oxygen atoms in total. The van der Waals surface area contributed by atoms with Crippen LogP contribution in [0, 0.1) is 18.8 Å².